The van der Waals surface area contributed by atoms with E-state index in [1.807, 2.05) is 45.0 Å². The van der Waals surface area contributed by atoms with Crippen LogP contribution >= 0.6 is 0 Å². The van der Waals surface area contributed by atoms with Crippen LogP contribution in [0.5, 0.6) is 0 Å². The molecule has 1 amide bonds. The third-order valence-corrected chi connectivity index (χ3v) is 2.86. The molecule has 100 valence electrons. The molecular formula is C15H23NO2. The minimum atomic E-state index is -0.351. The molecular weight excluding hydrogens is 226 g/mol. The maximum atomic E-state index is 12.0. The largest absolute Gasteiger partial charge is 0.393 e. The van der Waals surface area contributed by atoms with Crippen LogP contribution in [0.3, 0.4) is 0 Å². The van der Waals surface area contributed by atoms with Crippen molar-refractivity contribution in [1.29, 1.82) is 0 Å². The highest BCUT2D eigenvalue weighted by Crippen LogP contribution is 2.21. The van der Waals surface area contributed by atoms with Gasteiger partial charge in [0.05, 0.1) is 6.10 Å². The molecule has 1 atom stereocenters. The van der Waals surface area contributed by atoms with Gasteiger partial charge >= 0.3 is 0 Å². The molecule has 1 aromatic carbocycles. The molecule has 2 N–H and O–H groups in total. The van der Waals surface area contributed by atoms with Crippen molar-refractivity contribution in [1.82, 2.24) is 5.32 Å². The van der Waals surface area contributed by atoms with Crippen molar-refractivity contribution in [2.75, 3.05) is 6.54 Å². The summed E-state index contributed by atoms with van der Waals surface area (Å²) in [5.41, 5.74) is 1.65. The zero-order valence-electron chi connectivity index (χ0n) is 11.7. The first kappa shape index (κ1) is 14.7. The van der Waals surface area contributed by atoms with Gasteiger partial charge in [0.1, 0.15) is 0 Å². The van der Waals surface area contributed by atoms with E-state index in [1.165, 1.54) is 0 Å². The Balaban J connectivity index is 2.56. The highest BCUT2D eigenvalue weighted by molar-refractivity contribution is 5.94. The second kappa shape index (κ2) is 6.01. The maximum absolute atomic E-state index is 12.0. The smallest absolute Gasteiger partial charge is 0.251 e. The van der Waals surface area contributed by atoms with E-state index in [4.69, 9.17) is 0 Å². The van der Waals surface area contributed by atoms with Crippen LogP contribution in [0.2, 0.25) is 0 Å². The van der Waals surface area contributed by atoms with Gasteiger partial charge in [0.2, 0.25) is 0 Å². The molecule has 0 heterocycles. The van der Waals surface area contributed by atoms with Gasteiger partial charge in [-0.25, -0.2) is 0 Å². The number of aliphatic hydroxyl groups excluding tert-OH is 1. The number of aliphatic hydroxyl groups is 1. The van der Waals surface area contributed by atoms with Crippen molar-refractivity contribution < 1.29 is 9.90 Å². The van der Waals surface area contributed by atoms with Crippen molar-refractivity contribution in [3.63, 3.8) is 0 Å². The minimum absolute atomic E-state index is 0.0580. The van der Waals surface area contributed by atoms with Gasteiger partial charge in [0.25, 0.3) is 5.91 Å². The van der Waals surface area contributed by atoms with Crippen molar-refractivity contribution in [2.45, 2.75) is 40.2 Å². The Bertz CT molecular complexity index is 411. The number of hydrogen-bond donors (Lipinski definition) is 2. The Hall–Kier alpha value is -1.35. The molecule has 1 rings (SSSR count). The zero-order chi connectivity index (χ0) is 13.8. The number of carbonyl (C=O) groups is 1. The van der Waals surface area contributed by atoms with E-state index in [2.05, 4.69) is 5.32 Å². The lowest BCUT2D eigenvalue weighted by molar-refractivity contribution is 0.0902. The molecule has 18 heavy (non-hydrogen) atoms. The molecule has 1 unspecified atom stereocenters. The summed E-state index contributed by atoms with van der Waals surface area (Å²) in [6.45, 7) is 8.37. The molecule has 0 aliphatic heterocycles. The van der Waals surface area contributed by atoms with E-state index < -0.39 is 0 Å². The standard InChI is InChI=1S/C15H23NO2/c1-11-6-5-7-13(8-11)14(18)16-10-15(3,4)9-12(2)17/h5-8,12,17H,9-10H2,1-4H3,(H,16,18). The van der Waals surface area contributed by atoms with Crippen molar-refractivity contribution in [3.8, 4) is 0 Å². The number of nitrogens with one attached hydrogen (secondary N) is 1. The van der Waals surface area contributed by atoms with E-state index in [1.54, 1.807) is 6.92 Å². The predicted octanol–water partition coefficient (Wildman–Crippen LogP) is 2.52. The number of hydrogen-bond acceptors (Lipinski definition) is 2. The highest BCUT2D eigenvalue weighted by atomic mass is 16.3. The average Bonchev–Trinajstić information content (AvgIpc) is 2.24. The quantitative estimate of drug-likeness (QED) is 0.842. The van der Waals surface area contributed by atoms with Crippen LogP contribution in [-0.4, -0.2) is 23.7 Å². The van der Waals surface area contributed by atoms with Gasteiger partial charge < -0.3 is 10.4 Å². The topological polar surface area (TPSA) is 49.3 Å². The molecule has 0 aromatic heterocycles. The lowest BCUT2D eigenvalue weighted by Crippen LogP contribution is -2.35. The highest BCUT2D eigenvalue weighted by Gasteiger charge is 2.21. The van der Waals surface area contributed by atoms with Gasteiger partial charge in [-0.2, -0.15) is 0 Å². The van der Waals surface area contributed by atoms with Crippen LogP contribution in [0.15, 0.2) is 24.3 Å². The van der Waals surface area contributed by atoms with Crippen molar-refractivity contribution >= 4 is 5.91 Å². The fraction of sp³-hybridized carbons (Fsp3) is 0.533. The number of benzene rings is 1. The second-order valence-electron chi connectivity index (χ2n) is 5.77. The summed E-state index contributed by atoms with van der Waals surface area (Å²) in [6, 6.07) is 7.53. The fourth-order valence-corrected chi connectivity index (χ4v) is 2.08. The van der Waals surface area contributed by atoms with Crippen LogP contribution in [0, 0.1) is 12.3 Å². The normalized spacial score (nSPS) is 13.2. The summed E-state index contributed by atoms with van der Waals surface area (Å²) in [6.07, 6.45) is 0.317. The predicted molar refractivity (Wildman–Crippen MR) is 73.6 cm³/mol. The Kier molecular flexibility index (Phi) is 4.91. The summed E-state index contributed by atoms with van der Waals surface area (Å²) in [5, 5.41) is 12.3. The van der Waals surface area contributed by atoms with Crippen LogP contribution in [-0.2, 0) is 0 Å². The Labute approximate surface area is 109 Å². The summed E-state index contributed by atoms with van der Waals surface area (Å²) in [7, 11) is 0. The number of aryl methyl sites for hydroxylation is 1. The van der Waals surface area contributed by atoms with E-state index in [0.717, 1.165) is 5.56 Å². The van der Waals surface area contributed by atoms with Crippen LogP contribution in [0.25, 0.3) is 0 Å². The van der Waals surface area contributed by atoms with Crippen LogP contribution in [0.4, 0.5) is 0 Å². The van der Waals surface area contributed by atoms with Gasteiger partial charge in [0.15, 0.2) is 0 Å². The van der Waals surface area contributed by atoms with Crippen molar-refractivity contribution in [2.24, 2.45) is 5.41 Å². The fourth-order valence-electron chi connectivity index (χ4n) is 2.08. The lowest BCUT2D eigenvalue weighted by atomic mass is 9.87. The Morgan fingerprint density at radius 3 is 2.67 bits per heavy atom. The summed E-state index contributed by atoms with van der Waals surface area (Å²) in [4.78, 5) is 12.0. The molecule has 0 spiro atoms. The summed E-state index contributed by atoms with van der Waals surface area (Å²) in [5.74, 6) is -0.0580. The summed E-state index contributed by atoms with van der Waals surface area (Å²) >= 11 is 0. The Morgan fingerprint density at radius 1 is 1.44 bits per heavy atom. The van der Waals surface area contributed by atoms with E-state index in [0.29, 0.717) is 18.5 Å². The SMILES string of the molecule is Cc1cccc(C(=O)NCC(C)(C)CC(C)O)c1. The number of carbonyl (C=O) groups excluding carboxylic acids is 1. The maximum Gasteiger partial charge on any atom is 0.251 e. The molecule has 0 fully saturated rings. The van der Waals surface area contributed by atoms with E-state index in [9.17, 15) is 9.90 Å². The van der Waals surface area contributed by atoms with Gasteiger partial charge in [-0.15, -0.1) is 0 Å². The first-order chi connectivity index (χ1) is 8.30. The van der Waals surface area contributed by atoms with Gasteiger partial charge in [0, 0.05) is 12.1 Å². The van der Waals surface area contributed by atoms with Gasteiger partial charge in [-0.1, -0.05) is 31.5 Å². The monoisotopic (exact) mass is 249 g/mol. The van der Waals surface area contributed by atoms with Gasteiger partial charge in [-0.3, -0.25) is 4.79 Å². The molecule has 0 radical (unpaired) electrons. The molecule has 1 aromatic rings. The third-order valence-electron chi connectivity index (χ3n) is 2.86. The van der Waals surface area contributed by atoms with E-state index in [-0.39, 0.29) is 17.4 Å². The zero-order valence-corrected chi connectivity index (χ0v) is 11.7. The first-order valence-electron chi connectivity index (χ1n) is 6.33. The average molecular weight is 249 g/mol. The third kappa shape index (κ3) is 4.88. The minimum Gasteiger partial charge on any atom is -0.393 e. The van der Waals surface area contributed by atoms with Gasteiger partial charge in [-0.05, 0) is 37.8 Å². The number of amides is 1. The van der Waals surface area contributed by atoms with Crippen LogP contribution < -0.4 is 5.32 Å². The molecule has 0 saturated heterocycles. The van der Waals surface area contributed by atoms with E-state index >= 15 is 0 Å². The molecule has 0 saturated carbocycles. The first-order valence-corrected chi connectivity index (χ1v) is 6.33. The molecule has 0 bridgehead atoms. The molecule has 3 nitrogen and oxygen atoms in total. The molecule has 3 heteroatoms. The van der Waals surface area contributed by atoms with Crippen molar-refractivity contribution in [3.05, 3.63) is 35.4 Å². The Morgan fingerprint density at radius 2 is 2.11 bits per heavy atom. The number of rotatable bonds is 5. The second-order valence-corrected chi connectivity index (χ2v) is 5.77. The molecule has 0 aliphatic carbocycles. The van der Waals surface area contributed by atoms with Crippen LogP contribution in [0.1, 0.15) is 43.1 Å². The summed E-state index contributed by atoms with van der Waals surface area (Å²) < 4.78 is 0. The lowest BCUT2D eigenvalue weighted by Gasteiger charge is -2.26. The molecule has 0 aliphatic rings.